The summed E-state index contributed by atoms with van der Waals surface area (Å²) in [5.74, 6) is -3.84. The minimum Gasteiger partial charge on any atom is -0.494 e. The maximum absolute atomic E-state index is 15.1. The summed E-state index contributed by atoms with van der Waals surface area (Å²) in [5, 5.41) is 6.43. The molecule has 14 nitrogen and oxygen atoms in total. The Labute approximate surface area is 331 Å². The van der Waals surface area contributed by atoms with Crippen LogP contribution in [0.3, 0.4) is 0 Å². The van der Waals surface area contributed by atoms with Crippen molar-refractivity contribution in [3.8, 4) is 17.4 Å². The van der Waals surface area contributed by atoms with E-state index in [1.54, 1.807) is 26.8 Å². The molecular weight excluding hydrogens is 765 g/mol. The number of aromatic nitrogens is 1. The van der Waals surface area contributed by atoms with Gasteiger partial charge in [-0.3, -0.25) is 23.9 Å². The lowest BCUT2D eigenvalue weighted by Gasteiger charge is -2.34. The van der Waals surface area contributed by atoms with E-state index in [4.69, 9.17) is 14.2 Å². The van der Waals surface area contributed by atoms with Gasteiger partial charge in [-0.15, -0.1) is 0 Å². The van der Waals surface area contributed by atoms with Gasteiger partial charge in [0, 0.05) is 23.1 Å². The number of allylic oxidation sites excluding steroid dienone is 1. The third-order valence-corrected chi connectivity index (χ3v) is 13.9. The van der Waals surface area contributed by atoms with Gasteiger partial charge in [0.15, 0.2) is 11.6 Å². The van der Waals surface area contributed by atoms with Crippen molar-refractivity contribution in [2.45, 2.75) is 108 Å². The molecule has 3 N–H and O–H groups in total. The summed E-state index contributed by atoms with van der Waals surface area (Å²) in [6, 6.07) is 0.349. The monoisotopic (exact) mass is 817 g/mol. The predicted molar refractivity (Wildman–Crippen MR) is 206 cm³/mol. The standard InChI is InChI=1S/C40H53F2N5O9S/c1-22-10-8-9-11-24-18-40(24,37(51)46-57(52,53)39(21-41)12-13-39)45-33(48)29-15-25(20-47(29)35(49)32(23(2)14-22)44-36(50)38(3,4)5)56-34-27-16-28(42)30(54-6)17-26(27)31(55-7)19-43-34/h9,11,16-17,19,22-25,29,32H,8,10,12-15,18,20-21H2,1-7H3,(H,44,50)(H,45,48)(H,46,51)/b11-9-/t22-,23-,24-,25-,29+,32+,40-/m1/s1. The highest BCUT2D eigenvalue weighted by Gasteiger charge is 2.64. The second kappa shape index (κ2) is 15.7. The zero-order chi connectivity index (χ0) is 41.7. The van der Waals surface area contributed by atoms with Crippen molar-refractivity contribution in [3.05, 3.63) is 36.3 Å². The molecule has 0 radical (unpaired) electrons. The van der Waals surface area contributed by atoms with Crippen LogP contribution in [0.5, 0.6) is 17.4 Å². The quantitative estimate of drug-likeness (QED) is 0.312. The number of halogens is 2. The number of carbonyl (C=O) groups is 4. The average molecular weight is 818 g/mol. The maximum atomic E-state index is 15.1. The van der Waals surface area contributed by atoms with Crippen LogP contribution >= 0.6 is 0 Å². The molecule has 312 valence electrons. The fourth-order valence-electron chi connectivity index (χ4n) is 7.87. The van der Waals surface area contributed by atoms with Crippen LogP contribution in [0.15, 0.2) is 30.5 Å². The lowest BCUT2D eigenvalue weighted by atomic mass is 9.86. The van der Waals surface area contributed by atoms with Gasteiger partial charge >= 0.3 is 0 Å². The van der Waals surface area contributed by atoms with E-state index < -0.39 is 80.0 Å². The van der Waals surface area contributed by atoms with Gasteiger partial charge in [-0.05, 0) is 62.5 Å². The lowest BCUT2D eigenvalue weighted by Crippen LogP contribution is -2.60. The predicted octanol–water partition coefficient (Wildman–Crippen LogP) is 4.11. The Hall–Kier alpha value is -4.54. The molecule has 2 saturated carbocycles. The van der Waals surface area contributed by atoms with Gasteiger partial charge in [-0.25, -0.2) is 22.2 Å². The van der Waals surface area contributed by atoms with Crippen LogP contribution in [0.1, 0.15) is 79.6 Å². The molecule has 1 aromatic heterocycles. The van der Waals surface area contributed by atoms with Gasteiger partial charge in [-0.1, -0.05) is 46.8 Å². The Kier molecular flexibility index (Phi) is 11.6. The van der Waals surface area contributed by atoms with Crippen LogP contribution < -0.4 is 29.6 Å². The van der Waals surface area contributed by atoms with Crippen LogP contribution in [0.2, 0.25) is 0 Å². The van der Waals surface area contributed by atoms with Crippen molar-refractivity contribution in [3.63, 3.8) is 0 Å². The van der Waals surface area contributed by atoms with Crippen molar-refractivity contribution in [1.82, 2.24) is 25.2 Å². The number of carbonyl (C=O) groups excluding carboxylic acids is 4. The third kappa shape index (κ3) is 8.26. The van der Waals surface area contributed by atoms with Gasteiger partial charge in [-0.2, -0.15) is 0 Å². The first kappa shape index (κ1) is 42.1. The molecule has 7 atom stereocenters. The molecule has 2 aliphatic carbocycles. The molecular formula is C40H53F2N5O9S. The number of rotatable bonds is 9. The molecule has 0 spiro atoms. The number of methoxy groups -OCH3 is 2. The number of nitrogens with zero attached hydrogens (tertiary/aromatic N) is 2. The van der Waals surface area contributed by atoms with Crippen molar-refractivity contribution in [1.29, 1.82) is 0 Å². The molecule has 4 amide bonds. The van der Waals surface area contributed by atoms with Crippen LogP contribution in [0.4, 0.5) is 8.78 Å². The Morgan fingerprint density at radius 1 is 1.07 bits per heavy atom. The smallest absolute Gasteiger partial charge is 0.259 e. The minimum atomic E-state index is -4.41. The van der Waals surface area contributed by atoms with E-state index in [0.717, 1.165) is 6.42 Å². The van der Waals surface area contributed by atoms with E-state index in [2.05, 4.69) is 20.3 Å². The van der Waals surface area contributed by atoms with E-state index in [0.29, 0.717) is 24.0 Å². The Morgan fingerprint density at radius 3 is 2.40 bits per heavy atom. The molecule has 1 aromatic carbocycles. The van der Waals surface area contributed by atoms with Crippen molar-refractivity contribution >= 4 is 44.4 Å². The van der Waals surface area contributed by atoms with Crippen LogP contribution in [-0.4, -0.2) is 97.8 Å². The van der Waals surface area contributed by atoms with Crippen molar-refractivity contribution in [2.75, 3.05) is 27.4 Å². The highest BCUT2D eigenvalue weighted by molar-refractivity contribution is 7.91. The second-order valence-electron chi connectivity index (χ2n) is 17.2. The van der Waals surface area contributed by atoms with E-state index in [1.807, 2.05) is 19.9 Å². The Morgan fingerprint density at radius 2 is 1.77 bits per heavy atom. The fourth-order valence-corrected chi connectivity index (χ4v) is 9.30. The number of hydrogen-bond donors (Lipinski definition) is 3. The summed E-state index contributed by atoms with van der Waals surface area (Å²) in [4.78, 5) is 62.4. The summed E-state index contributed by atoms with van der Waals surface area (Å²) in [6.45, 7) is 7.82. The molecule has 57 heavy (non-hydrogen) atoms. The van der Waals surface area contributed by atoms with Crippen LogP contribution in [0, 0.1) is 29.0 Å². The number of hydrogen-bond acceptors (Lipinski definition) is 10. The zero-order valence-corrected chi connectivity index (χ0v) is 34.3. The zero-order valence-electron chi connectivity index (χ0n) is 33.4. The van der Waals surface area contributed by atoms with Gasteiger partial charge in [0.1, 0.15) is 40.9 Å². The first-order valence-corrected chi connectivity index (χ1v) is 20.9. The van der Waals surface area contributed by atoms with E-state index >= 15 is 4.39 Å². The summed E-state index contributed by atoms with van der Waals surface area (Å²) in [6.07, 6.45) is 6.21. The number of alkyl halides is 1. The van der Waals surface area contributed by atoms with Crippen LogP contribution in [0.25, 0.3) is 10.8 Å². The molecule has 17 heteroatoms. The van der Waals surface area contributed by atoms with E-state index in [-0.39, 0.29) is 67.0 Å². The van der Waals surface area contributed by atoms with Crippen molar-refractivity contribution in [2.24, 2.45) is 23.2 Å². The highest BCUT2D eigenvalue weighted by atomic mass is 32.2. The molecule has 2 aromatic rings. The van der Waals surface area contributed by atoms with Gasteiger partial charge < -0.3 is 29.7 Å². The highest BCUT2D eigenvalue weighted by Crippen LogP contribution is 2.48. The average Bonchev–Trinajstić information content (AvgIpc) is 4.06. The molecule has 3 heterocycles. The number of sulfonamides is 1. The topological polar surface area (TPSA) is 182 Å². The first-order valence-electron chi connectivity index (χ1n) is 19.4. The van der Waals surface area contributed by atoms with Gasteiger partial charge in [0.05, 0.1) is 32.3 Å². The molecule has 3 fully saturated rings. The summed E-state index contributed by atoms with van der Waals surface area (Å²) in [7, 11) is -1.65. The largest absolute Gasteiger partial charge is 0.494 e. The molecule has 2 aliphatic heterocycles. The molecule has 1 saturated heterocycles. The third-order valence-electron chi connectivity index (χ3n) is 11.8. The normalized spacial score (nSPS) is 29.5. The number of pyridine rings is 1. The number of fused-ring (bicyclic) bond motifs is 3. The number of nitrogens with one attached hydrogen (secondary N) is 3. The van der Waals surface area contributed by atoms with E-state index in [9.17, 15) is 32.0 Å². The molecule has 4 aliphatic rings. The Bertz CT molecular complexity index is 2070. The second-order valence-corrected chi connectivity index (χ2v) is 19.3. The number of ether oxygens (including phenoxy) is 3. The van der Waals surface area contributed by atoms with Gasteiger partial charge in [0.25, 0.3) is 5.91 Å². The van der Waals surface area contributed by atoms with Gasteiger partial charge in [0.2, 0.25) is 33.6 Å². The summed E-state index contributed by atoms with van der Waals surface area (Å²) in [5.41, 5.74) is -2.54. The first-order chi connectivity index (χ1) is 26.8. The summed E-state index contributed by atoms with van der Waals surface area (Å²) >= 11 is 0. The SMILES string of the molecule is COc1cc2c(OC)cnc(O[C@@H]3C[C@H]4C(=O)N[C@]5(C(=O)NS(=O)(=O)C6(CF)CC6)C[C@H]5/C=C\CC[C@@H](C)C[C@@H](C)[C@H](NC(=O)C(C)(C)C)C(=O)N4C3)c2cc1F. The fraction of sp³-hybridized carbons (Fsp3) is 0.625. The molecule has 0 bridgehead atoms. The molecule has 6 rings (SSSR count). The number of amides is 4. The number of benzene rings is 1. The molecule has 0 unspecified atom stereocenters. The maximum Gasteiger partial charge on any atom is 0.259 e. The van der Waals surface area contributed by atoms with E-state index in [1.165, 1.54) is 37.4 Å². The minimum absolute atomic E-state index is 0.00282. The lowest BCUT2D eigenvalue weighted by molar-refractivity contribution is -0.144. The van der Waals surface area contributed by atoms with Crippen LogP contribution in [-0.2, 0) is 29.2 Å². The Balaban J connectivity index is 1.38. The summed E-state index contributed by atoms with van der Waals surface area (Å²) < 4.78 is 72.6. The van der Waals surface area contributed by atoms with Crippen molar-refractivity contribution < 1.29 is 50.6 Å².